The maximum atomic E-state index is 12.8. The Morgan fingerprint density at radius 1 is 0.966 bits per heavy atom. The summed E-state index contributed by atoms with van der Waals surface area (Å²) in [6.45, 7) is 5.73. The average molecular weight is 416 g/mol. The third-order valence-corrected chi connectivity index (χ3v) is 5.20. The highest BCUT2D eigenvalue weighted by atomic mass is 32.1. The van der Waals surface area contributed by atoms with Crippen molar-refractivity contribution in [2.75, 3.05) is 24.7 Å². The predicted octanol–water partition coefficient (Wildman–Crippen LogP) is 3.03. The molecule has 4 amide bonds. The molecular weight excluding hydrogens is 396 g/mol. The van der Waals surface area contributed by atoms with E-state index in [1.807, 2.05) is 13.8 Å². The van der Waals surface area contributed by atoms with Gasteiger partial charge in [0, 0.05) is 10.9 Å². The predicted molar refractivity (Wildman–Crippen MR) is 107 cm³/mol. The maximum Gasteiger partial charge on any atom is 0.339 e. The number of anilines is 1. The summed E-state index contributed by atoms with van der Waals surface area (Å²) in [5.74, 6) is -1.64. The van der Waals surface area contributed by atoms with Crippen molar-refractivity contribution in [1.29, 1.82) is 0 Å². The molecule has 0 N–H and O–H groups in total. The number of hydrogen-bond acceptors (Lipinski definition) is 7. The number of urea groups is 1. The Kier molecular flexibility index (Phi) is 5.97. The summed E-state index contributed by atoms with van der Waals surface area (Å²) in [7, 11) is 0. The summed E-state index contributed by atoms with van der Waals surface area (Å²) in [5, 5.41) is 0. The number of nitrogens with zero attached hydrogens (tertiary/aromatic N) is 2. The number of hydrogen-bond donors (Lipinski definition) is 0. The van der Waals surface area contributed by atoms with Gasteiger partial charge < -0.3 is 9.47 Å². The molecule has 3 rings (SSSR count). The average Bonchev–Trinajstić information content (AvgIpc) is 3.21. The minimum atomic E-state index is -1.04. The number of Topliss-reactive ketones (excluding diaryl/α,β-unsaturated/α-hetero) is 1. The molecule has 1 aliphatic rings. The number of aryl methyl sites for hydroxylation is 1. The van der Waals surface area contributed by atoms with Gasteiger partial charge in [0.25, 0.3) is 0 Å². The van der Waals surface area contributed by atoms with Crippen LogP contribution in [0.4, 0.5) is 10.5 Å². The van der Waals surface area contributed by atoms with Crippen molar-refractivity contribution in [2.45, 2.75) is 20.8 Å². The molecule has 0 saturated carbocycles. The maximum absolute atomic E-state index is 12.8. The van der Waals surface area contributed by atoms with Gasteiger partial charge in [0.2, 0.25) is 0 Å². The molecular formula is C20H20N2O6S. The van der Waals surface area contributed by atoms with E-state index in [1.54, 1.807) is 25.1 Å². The van der Waals surface area contributed by atoms with E-state index in [-0.39, 0.29) is 5.69 Å². The summed E-state index contributed by atoms with van der Waals surface area (Å²) in [6, 6.07) is 7.06. The molecule has 1 aromatic heterocycles. The first-order chi connectivity index (χ1) is 13.9. The zero-order valence-electron chi connectivity index (χ0n) is 16.3. The quantitative estimate of drug-likeness (QED) is 0.373. The van der Waals surface area contributed by atoms with Gasteiger partial charge >= 0.3 is 17.8 Å². The molecule has 9 heteroatoms. The van der Waals surface area contributed by atoms with Gasteiger partial charge in [-0.05, 0) is 45.0 Å². The van der Waals surface area contributed by atoms with Crippen LogP contribution in [0, 0.1) is 6.92 Å². The lowest BCUT2D eigenvalue weighted by atomic mass is 10.2. The molecule has 0 aliphatic carbocycles. The van der Waals surface area contributed by atoms with Gasteiger partial charge in [0.15, 0.2) is 17.3 Å². The van der Waals surface area contributed by atoms with Crippen molar-refractivity contribution in [3.8, 4) is 11.5 Å². The molecule has 152 valence electrons. The van der Waals surface area contributed by atoms with Crippen LogP contribution >= 0.6 is 11.3 Å². The number of ketones is 1. The Hall–Kier alpha value is -3.20. The van der Waals surface area contributed by atoms with E-state index < -0.39 is 30.2 Å². The van der Waals surface area contributed by atoms with Crippen molar-refractivity contribution < 1.29 is 28.7 Å². The summed E-state index contributed by atoms with van der Waals surface area (Å²) in [4.78, 5) is 52.8. The SMILES string of the molecule is CCOc1ccc(N2C(=O)C(=O)N(CC(=O)c3ccc(C)s3)C2=O)cc1OCC. The number of carbonyl (C=O) groups excluding carboxylic acids is 4. The Morgan fingerprint density at radius 3 is 2.28 bits per heavy atom. The van der Waals surface area contributed by atoms with Gasteiger partial charge in [-0.2, -0.15) is 0 Å². The van der Waals surface area contributed by atoms with Crippen molar-refractivity contribution >= 4 is 40.7 Å². The first-order valence-corrected chi connectivity index (χ1v) is 9.88. The molecule has 2 aromatic rings. The van der Waals surface area contributed by atoms with Gasteiger partial charge in [0.05, 0.1) is 30.3 Å². The lowest BCUT2D eigenvalue weighted by Crippen LogP contribution is -2.36. The number of thiophene rings is 1. The highest BCUT2D eigenvalue weighted by Crippen LogP contribution is 2.34. The zero-order chi connectivity index (χ0) is 21.1. The van der Waals surface area contributed by atoms with Gasteiger partial charge in [-0.25, -0.2) is 14.6 Å². The van der Waals surface area contributed by atoms with E-state index in [0.29, 0.717) is 34.5 Å². The molecule has 0 spiro atoms. The van der Waals surface area contributed by atoms with E-state index in [9.17, 15) is 19.2 Å². The molecule has 2 heterocycles. The van der Waals surface area contributed by atoms with E-state index in [1.165, 1.54) is 23.5 Å². The monoisotopic (exact) mass is 416 g/mol. The van der Waals surface area contributed by atoms with Crippen LogP contribution < -0.4 is 14.4 Å². The number of rotatable bonds is 8. The molecule has 1 saturated heterocycles. The standard InChI is InChI=1S/C20H20N2O6S/c1-4-27-15-8-7-13(10-16(15)28-5-2)22-19(25)18(24)21(20(22)26)11-14(23)17-9-6-12(3)29-17/h6-10H,4-5,11H2,1-3H3. The van der Waals surface area contributed by atoms with Gasteiger partial charge in [-0.3, -0.25) is 14.4 Å². The molecule has 29 heavy (non-hydrogen) atoms. The van der Waals surface area contributed by atoms with E-state index >= 15 is 0 Å². The number of carbonyl (C=O) groups is 4. The summed E-state index contributed by atoms with van der Waals surface area (Å²) in [6.07, 6.45) is 0. The molecule has 0 unspecified atom stereocenters. The molecule has 1 fully saturated rings. The fourth-order valence-corrected chi connectivity index (χ4v) is 3.65. The molecule has 0 radical (unpaired) electrons. The third-order valence-electron chi connectivity index (χ3n) is 4.16. The number of ether oxygens (including phenoxy) is 2. The second kappa shape index (κ2) is 8.44. The molecule has 0 bridgehead atoms. The van der Waals surface area contributed by atoms with Crippen LogP contribution in [-0.2, 0) is 9.59 Å². The normalized spacial score (nSPS) is 14.0. The molecule has 1 aliphatic heterocycles. The van der Waals surface area contributed by atoms with Gasteiger partial charge in [-0.1, -0.05) is 0 Å². The van der Waals surface area contributed by atoms with Crippen molar-refractivity contribution in [1.82, 2.24) is 4.90 Å². The van der Waals surface area contributed by atoms with E-state index in [4.69, 9.17) is 9.47 Å². The van der Waals surface area contributed by atoms with Crippen molar-refractivity contribution in [3.05, 3.63) is 40.1 Å². The van der Waals surface area contributed by atoms with Gasteiger partial charge in [0.1, 0.15) is 0 Å². The minimum absolute atomic E-state index is 0.169. The Labute approximate surface area is 171 Å². The second-order valence-electron chi connectivity index (χ2n) is 6.14. The zero-order valence-corrected chi connectivity index (χ0v) is 17.1. The third kappa shape index (κ3) is 4.00. The second-order valence-corrected chi connectivity index (χ2v) is 7.43. The van der Waals surface area contributed by atoms with Crippen LogP contribution in [0.15, 0.2) is 30.3 Å². The van der Waals surface area contributed by atoms with Crippen LogP contribution in [0.25, 0.3) is 0 Å². The summed E-state index contributed by atoms with van der Waals surface area (Å²) >= 11 is 1.27. The Morgan fingerprint density at radius 2 is 1.66 bits per heavy atom. The van der Waals surface area contributed by atoms with Crippen molar-refractivity contribution in [2.24, 2.45) is 0 Å². The Balaban J connectivity index is 1.86. The fraction of sp³-hybridized carbons (Fsp3) is 0.300. The van der Waals surface area contributed by atoms with E-state index in [0.717, 1.165) is 9.78 Å². The largest absolute Gasteiger partial charge is 0.490 e. The number of benzene rings is 1. The Bertz CT molecular complexity index is 983. The van der Waals surface area contributed by atoms with Crippen molar-refractivity contribution in [3.63, 3.8) is 0 Å². The highest BCUT2D eigenvalue weighted by Gasteiger charge is 2.46. The fourth-order valence-electron chi connectivity index (χ4n) is 2.86. The van der Waals surface area contributed by atoms with Crippen LogP contribution in [0.3, 0.4) is 0 Å². The smallest absolute Gasteiger partial charge is 0.339 e. The number of amides is 4. The lowest BCUT2D eigenvalue weighted by molar-refractivity contribution is -0.139. The highest BCUT2D eigenvalue weighted by molar-refractivity contribution is 7.14. The van der Waals surface area contributed by atoms with E-state index in [2.05, 4.69) is 0 Å². The topological polar surface area (TPSA) is 93.2 Å². The summed E-state index contributed by atoms with van der Waals surface area (Å²) < 4.78 is 11.0. The van der Waals surface area contributed by atoms with Crippen LogP contribution in [-0.4, -0.2) is 48.3 Å². The first-order valence-electron chi connectivity index (χ1n) is 9.06. The molecule has 8 nitrogen and oxygen atoms in total. The molecule has 1 aromatic carbocycles. The first kappa shape index (κ1) is 20.5. The lowest BCUT2D eigenvalue weighted by Gasteiger charge is -2.17. The van der Waals surface area contributed by atoms with Crippen LogP contribution in [0.2, 0.25) is 0 Å². The van der Waals surface area contributed by atoms with Crippen LogP contribution in [0.1, 0.15) is 28.4 Å². The molecule has 0 atom stereocenters. The van der Waals surface area contributed by atoms with Gasteiger partial charge in [-0.15, -0.1) is 11.3 Å². The summed E-state index contributed by atoms with van der Waals surface area (Å²) in [5.41, 5.74) is 0.169. The van der Waals surface area contributed by atoms with Crippen LogP contribution in [0.5, 0.6) is 11.5 Å². The minimum Gasteiger partial charge on any atom is -0.490 e. The number of imide groups is 2.